The minimum absolute atomic E-state index is 0.193. The minimum atomic E-state index is 0.193. The number of methoxy groups -OCH3 is 1. The van der Waals surface area contributed by atoms with Crippen LogP contribution in [0.3, 0.4) is 0 Å². The number of carbonyl (C=O) groups is 1. The number of aromatic nitrogens is 1. The van der Waals surface area contributed by atoms with Crippen molar-refractivity contribution in [2.45, 2.75) is 38.5 Å². The molecule has 3 heteroatoms. The molecular weight excluding hydrogens is 310 g/mol. The molecule has 0 saturated heterocycles. The molecule has 0 spiro atoms. The molecule has 0 amide bonds. The number of ether oxygens (including phenoxy) is 1. The number of allylic oxidation sites excluding steroid dienone is 1. The summed E-state index contributed by atoms with van der Waals surface area (Å²) in [5.74, 6) is 0.193. The molecule has 2 rings (SSSR count). The van der Waals surface area contributed by atoms with Crippen molar-refractivity contribution in [3.8, 4) is 0 Å². The number of pyridine rings is 1. The van der Waals surface area contributed by atoms with Crippen LogP contribution in [-0.2, 0) is 22.4 Å². The van der Waals surface area contributed by atoms with E-state index >= 15 is 0 Å². The Balaban J connectivity index is 1.72. The molecular formula is C22H27NO2. The molecule has 0 aliphatic carbocycles. The van der Waals surface area contributed by atoms with Crippen LogP contribution in [0.25, 0.3) is 6.08 Å². The van der Waals surface area contributed by atoms with Crippen LogP contribution >= 0.6 is 0 Å². The summed E-state index contributed by atoms with van der Waals surface area (Å²) in [5, 5.41) is 0. The van der Waals surface area contributed by atoms with Crippen LogP contribution in [0, 0.1) is 0 Å². The van der Waals surface area contributed by atoms with Gasteiger partial charge in [-0.15, -0.1) is 0 Å². The van der Waals surface area contributed by atoms with Gasteiger partial charge < -0.3 is 4.74 Å². The van der Waals surface area contributed by atoms with E-state index in [0.717, 1.165) is 44.3 Å². The first-order valence-electron chi connectivity index (χ1n) is 8.95. The van der Waals surface area contributed by atoms with Crippen LogP contribution in [0.4, 0.5) is 0 Å². The SMILES string of the molecule is COCCCCCC(=O)C=Cc1ccc(CCc2cccnc2)cc1. The zero-order chi connectivity index (χ0) is 17.7. The Labute approximate surface area is 150 Å². The quantitative estimate of drug-likeness (QED) is 0.442. The number of unbranched alkanes of at least 4 members (excludes halogenated alkanes) is 2. The maximum absolute atomic E-state index is 11.9. The second kappa shape index (κ2) is 11.3. The lowest BCUT2D eigenvalue weighted by atomic mass is 10.0. The summed E-state index contributed by atoms with van der Waals surface area (Å²) in [4.78, 5) is 16.0. The predicted molar refractivity (Wildman–Crippen MR) is 102 cm³/mol. The smallest absolute Gasteiger partial charge is 0.155 e. The van der Waals surface area contributed by atoms with E-state index in [0.29, 0.717) is 6.42 Å². The predicted octanol–water partition coefficient (Wildman–Crippen LogP) is 4.66. The fourth-order valence-corrected chi connectivity index (χ4v) is 2.63. The van der Waals surface area contributed by atoms with Gasteiger partial charge in [0.25, 0.3) is 0 Å². The van der Waals surface area contributed by atoms with Crippen LogP contribution < -0.4 is 0 Å². The van der Waals surface area contributed by atoms with Gasteiger partial charge >= 0.3 is 0 Å². The van der Waals surface area contributed by atoms with Gasteiger partial charge in [0.2, 0.25) is 0 Å². The highest BCUT2D eigenvalue weighted by Gasteiger charge is 1.99. The molecule has 0 atom stereocenters. The van der Waals surface area contributed by atoms with Crippen molar-refractivity contribution in [2.75, 3.05) is 13.7 Å². The Hall–Kier alpha value is -2.26. The van der Waals surface area contributed by atoms with Gasteiger partial charge in [0.1, 0.15) is 0 Å². The molecule has 25 heavy (non-hydrogen) atoms. The first-order valence-corrected chi connectivity index (χ1v) is 8.95. The standard InChI is InChI=1S/C22H27NO2/c1-25-17-4-2-3-7-22(24)15-14-20-10-8-19(9-11-20)12-13-21-6-5-16-23-18-21/h5-6,8-11,14-16,18H,2-4,7,12-13,17H2,1H3. The van der Waals surface area contributed by atoms with E-state index in [4.69, 9.17) is 4.74 Å². The number of hydrogen-bond donors (Lipinski definition) is 0. The van der Waals surface area contributed by atoms with Crippen molar-refractivity contribution in [1.82, 2.24) is 4.98 Å². The van der Waals surface area contributed by atoms with Crippen LogP contribution in [-0.4, -0.2) is 24.5 Å². The molecule has 0 aliphatic rings. The number of rotatable bonds is 11. The molecule has 0 saturated carbocycles. The summed E-state index contributed by atoms with van der Waals surface area (Å²) in [6.45, 7) is 0.775. The van der Waals surface area contributed by atoms with Gasteiger partial charge in [-0.1, -0.05) is 42.8 Å². The van der Waals surface area contributed by atoms with E-state index in [1.54, 1.807) is 19.4 Å². The molecule has 2 aromatic rings. The van der Waals surface area contributed by atoms with Gasteiger partial charge in [0.05, 0.1) is 0 Å². The molecule has 1 aromatic heterocycles. The molecule has 1 aromatic carbocycles. The summed E-state index contributed by atoms with van der Waals surface area (Å²) in [5.41, 5.74) is 3.62. The largest absolute Gasteiger partial charge is 0.385 e. The van der Waals surface area contributed by atoms with E-state index in [1.165, 1.54) is 11.1 Å². The van der Waals surface area contributed by atoms with Crippen molar-refractivity contribution in [3.05, 3.63) is 71.6 Å². The number of aryl methyl sites for hydroxylation is 2. The fraction of sp³-hybridized carbons (Fsp3) is 0.364. The molecule has 3 nitrogen and oxygen atoms in total. The molecule has 0 bridgehead atoms. The van der Waals surface area contributed by atoms with Gasteiger partial charge in [0, 0.05) is 32.5 Å². The highest BCUT2D eigenvalue weighted by molar-refractivity contribution is 5.93. The maximum Gasteiger partial charge on any atom is 0.155 e. The normalized spacial score (nSPS) is 11.1. The summed E-state index contributed by atoms with van der Waals surface area (Å²) in [6, 6.07) is 12.5. The third kappa shape index (κ3) is 7.90. The van der Waals surface area contributed by atoms with Crippen LogP contribution in [0.2, 0.25) is 0 Å². The summed E-state index contributed by atoms with van der Waals surface area (Å²) in [6.07, 6.45) is 12.9. The van der Waals surface area contributed by atoms with E-state index in [9.17, 15) is 4.79 Å². The maximum atomic E-state index is 11.9. The van der Waals surface area contributed by atoms with E-state index in [1.807, 2.05) is 18.3 Å². The molecule has 0 aliphatic heterocycles. The average Bonchev–Trinajstić information content (AvgIpc) is 2.66. The lowest BCUT2D eigenvalue weighted by molar-refractivity contribution is -0.114. The minimum Gasteiger partial charge on any atom is -0.385 e. The van der Waals surface area contributed by atoms with Crippen LogP contribution in [0.1, 0.15) is 42.4 Å². The van der Waals surface area contributed by atoms with E-state index < -0.39 is 0 Å². The zero-order valence-corrected chi connectivity index (χ0v) is 15.0. The Kier molecular flexibility index (Phi) is 8.64. The van der Waals surface area contributed by atoms with Gasteiger partial charge in [-0.3, -0.25) is 9.78 Å². The zero-order valence-electron chi connectivity index (χ0n) is 15.0. The van der Waals surface area contributed by atoms with Crippen molar-refractivity contribution in [3.63, 3.8) is 0 Å². The molecule has 1 heterocycles. The molecule has 0 unspecified atom stereocenters. The molecule has 0 fully saturated rings. The Morgan fingerprint density at radius 1 is 1.04 bits per heavy atom. The first kappa shape index (κ1) is 19.1. The lowest BCUT2D eigenvalue weighted by Gasteiger charge is -2.02. The average molecular weight is 337 g/mol. The highest BCUT2D eigenvalue weighted by atomic mass is 16.5. The van der Waals surface area contributed by atoms with Gasteiger partial charge in [-0.05, 0) is 54.5 Å². The van der Waals surface area contributed by atoms with Crippen molar-refractivity contribution in [1.29, 1.82) is 0 Å². The molecule has 0 radical (unpaired) electrons. The van der Waals surface area contributed by atoms with E-state index in [2.05, 4.69) is 35.3 Å². The number of nitrogens with zero attached hydrogens (tertiary/aromatic N) is 1. The van der Waals surface area contributed by atoms with Crippen LogP contribution in [0.5, 0.6) is 0 Å². The Bertz CT molecular complexity index is 647. The second-order valence-corrected chi connectivity index (χ2v) is 6.21. The molecule has 0 N–H and O–H groups in total. The number of hydrogen-bond acceptors (Lipinski definition) is 3. The lowest BCUT2D eigenvalue weighted by Crippen LogP contribution is -1.94. The van der Waals surface area contributed by atoms with Gasteiger partial charge in [-0.2, -0.15) is 0 Å². The van der Waals surface area contributed by atoms with E-state index in [-0.39, 0.29) is 5.78 Å². The number of ketones is 1. The van der Waals surface area contributed by atoms with Crippen molar-refractivity contribution >= 4 is 11.9 Å². The first-order chi connectivity index (χ1) is 12.3. The van der Waals surface area contributed by atoms with Crippen LogP contribution in [0.15, 0.2) is 54.9 Å². The number of benzene rings is 1. The summed E-state index contributed by atoms with van der Waals surface area (Å²) in [7, 11) is 1.71. The monoisotopic (exact) mass is 337 g/mol. The van der Waals surface area contributed by atoms with Crippen molar-refractivity contribution < 1.29 is 9.53 Å². The van der Waals surface area contributed by atoms with Gasteiger partial charge in [-0.25, -0.2) is 0 Å². The van der Waals surface area contributed by atoms with Gasteiger partial charge in [0.15, 0.2) is 5.78 Å². The summed E-state index contributed by atoms with van der Waals surface area (Å²) >= 11 is 0. The Morgan fingerprint density at radius 2 is 1.84 bits per heavy atom. The summed E-state index contributed by atoms with van der Waals surface area (Å²) < 4.78 is 5.00. The number of carbonyl (C=O) groups excluding carboxylic acids is 1. The Morgan fingerprint density at radius 3 is 2.56 bits per heavy atom. The third-order valence-corrected chi connectivity index (χ3v) is 4.14. The topological polar surface area (TPSA) is 39.2 Å². The second-order valence-electron chi connectivity index (χ2n) is 6.21. The highest BCUT2D eigenvalue weighted by Crippen LogP contribution is 2.10. The van der Waals surface area contributed by atoms with Crippen molar-refractivity contribution in [2.24, 2.45) is 0 Å². The molecule has 132 valence electrons. The fourth-order valence-electron chi connectivity index (χ4n) is 2.63. The third-order valence-electron chi connectivity index (χ3n) is 4.14.